The predicted molar refractivity (Wildman–Crippen MR) is 89.8 cm³/mol. The van der Waals surface area contributed by atoms with Crippen LogP contribution in [0.3, 0.4) is 0 Å². The van der Waals surface area contributed by atoms with Crippen molar-refractivity contribution >= 4 is 27.8 Å². The van der Waals surface area contributed by atoms with Gasteiger partial charge in [-0.3, -0.25) is 0 Å². The third kappa shape index (κ3) is 2.97. The highest BCUT2D eigenvalue weighted by molar-refractivity contribution is 5.99. The van der Waals surface area contributed by atoms with Crippen molar-refractivity contribution < 1.29 is 5.11 Å². The first-order valence-electron chi connectivity index (χ1n) is 7.17. The number of hydrogen-bond donors (Lipinski definition) is 2. The Morgan fingerprint density at radius 1 is 0.818 bits per heavy atom. The van der Waals surface area contributed by atoms with Crippen molar-refractivity contribution in [3.8, 4) is 0 Å². The summed E-state index contributed by atoms with van der Waals surface area (Å²) in [4.78, 5) is 0. The number of nitrogens with zero attached hydrogens (tertiary/aromatic N) is 2. The molecule has 3 aromatic carbocycles. The standard InChI is InChI=1S/C18H17N3O/c19-17-9-10-18(16-4-2-1-3-15(16)17)21-20-14-7-5-13(6-8-14)11-12-22/h1-10,22H,11-12,19H2. The van der Waals surface area contributed by atoms with Crippen molar-refractivity contribution in [2.24, 2.45) is 10.2 Å². The molecule has 3 rings (SSSR count). The molecule has 0 spiro atoms. The lowest BCUT2D eigenvalue weighted by molar-refractivity contribution is 0.299. The van der Waals surface area contributed by atoms with Crippen LogP contribution in [0.15, 0.2) is 70.9 Å². The van der Waals surface area contributed by atoms with Crippen LogP contribution in [-0.4, -0.2) is 11.7 Å². The monoisotopic (exact) mass is 291 g/mol. The van der Waals surface area contributed by atoms with Crippen molar-refractivity contribution in [2.75, 3.05) is 12.3 Å². The maximum absolute atomic E-state index is 8.91. The van der Waals surface area contributed by atoms with E-state index in [4.69, 9.17) is 10.8 Å². The molecule has 3 N–H and O–H groups in total. The minimum Gasteiger partial charge on any atom is -0.398 e. The molecule has 22 heavy (non-hydrogen) atoms. The summed E-state index contributed by atoms with van der Waals surface area (Å²) in [6, 6.07) is 19.3. The Kier molecular flexibility index (Phi) is 4.12. The Bertz CT molecular complexity index is 810. The number of azo groups is 1. The third-order valence-corrected chi connectivity index (χ3v) is 3.54. The second-order valence-corrected chi connectivity index (χ2v) is 5.06. The number of aliphatic hydroxyl groups excluding tert-OH is 1. The first-order chi connectivity index (χ1) is 10.8. The molecule has 0 radical (unpaired) electrons. The lowest BCUT2D eigenvalue weighted by atomic mass is 10.1. The molecule has 3 aromatic rings. The van der Waals surface area contributed by atoms with Crippen LogP contribution in [0.1, 0.15) is 5.56 Å². The minimum absolute atomic E-state index is 0.151. The molecule has 0 amide bonds. The van der Waals surface area contributed by atoms with Crippen LogP contribution in [0.5, 0.6) is 0 Å². The normalized spacial score (nSPS) is 11.3. The second kappa shape index (κ2) is 6.37. The second-order valence-electron chi connectivity index (χ2n) is 5.06. The quantitative estimate of drug-likeness (QED) is 0.553. The molecule has 0 atom stereocenters. The van der Waals surface area contributed by atoms with Gasteiger partial charge < -0.3 is 10.8 Å². The number of anilines is 1. The van der Waals surface area contributed by atoms with Crippen LogP contribution in [0.2, 0.25) is 0 Å². The van der Waals surface area contributed by atoms with E-state index in [0.29, 0.717) is 6.42 Å². The van der Waals surface area contributed by atoms with Gasteiger partial charge in [0.2, 0.25) is 0 Å². The molecule has 0 bridgehead atoms. The van der Waals surface area contributed by atoms with Crippen LogP contribution in [0.4, 0.5) is 17.1 Å². The number of aliphatic hydroxyl groups is 1. The number of nitrogen functional groups attached to an aromatic ring is 1. The lowest BCUT2D eigenvalue weighted by Gasteiger charge is -2.04. The zero-order valence-corrected chi connectivity index (χ0v) is 12.1. The highest BCUT2D eigenvalue weighted by Gasteiger charge is 2.02. The zero-order chi connectivity index (χ0) is 15.4. The summed E-state index contributed by atoms with van der Waals surface area (Å²) in [6.07, 6.45) is 0.653. The molecular weight excluding hydrogens is 274 g/mol. The van der Waals surface area contributed by atoms with Gasteiger partial charge >= 0.3 is 0 Å². The number of benzene rings is 3. The van der Waals surface area contributed by atoms with E-state index in [9.17, 15) is 0 Å². The van der Waals surface area contributed by atoms with Gasteiger partial charge in [0.15, 0.2) is 0 Å². The highest BCUT2D eigenvalue weighted by Crippen LogP contribution is 2.31. The van der Waals surface area contributed by atoms with E-state index < -0.39 is 0 Å². The summed E-state index contributed by atoms with van der Waals surface area (Å²) >= 11 is 0. The van der Waals surface area contributed by atoms with Crippen LogP contribution in [0.25, 0.3) is 10.8 Å². The van der Waals surface area contributed by atoms with Gasteiger partial charge in [-0.1, -0.05) is 36.4 Å². The van der Waals surface area contributed by atoms with Crippen LogP contribution in [0, 0.1) is 0 Å². The van der Waals surface area contributed by atoms with E-state index in [1.165, 1.54) is 0 Å². The van der Waals surface area contributed by atoms with Crippen LogP contribution in [-0.2, 0) is 6.42 Å². The average molecular weight is 291 g/mol. The van der Waals surface area contributed by atoms with Gasteiger partial charge in [-0.05, 0) is 36.2 Å². The summed E-state index contributed by atoms with van der Waals surface area (Å²) in [5.41, 5.74) is 9.38. The van der Waals surface area contributed by atoms with Crippen molar-refractivity contribution in [3.63, 3.8) is 0 Å². The first-order valence-corrected chi connectivity index (χ1v) is 7.17. The Hall–Kier alpha value is -2.72. The number of fused-ring (bicyclic) bond motifs is 1. The smallest absolute Gasteiger partial charge is 0.0936 e. The number of rotatable bonds is 4. The van der Waals surface area contributed by atoms with Gasteiger partial charge in [0.05, 0.1) is 11.4 Å². The molecule has 4 heteroatoms. The Morgan fingerprint density at radius 3 is 2.27 bits per heavy atom. The summed E-state index contributed by atoms with van der Waals surface area (Å²) in [5.74, 6) is 0. The van der Waals surface area contributed by atoms with Crippen LogP contribution >= 0.6 is 0 Å². The molecule has 0 aliphatic carbocycles. The summed E-state index contributed by atoms with van der Waals surface area (Å²) in [6.45, 7) is 0.151. The predicted octanol–water partition coefficient (Wildman–Crippen LogP) is 4.37. The van der Waals surface area contributed by atoms with Gasteiger partial charge in [-0.2, -0.15) is 5.11 Å². The number of hydrogen-bond acceptors (Lipinski definition) is 4. The highest BCUT2D eigenvalue weighted by atomic mass is 16.2. The maximum atomic E-state index is 8.91. The largest absolute Gasteiger partial charge is 0.398 e. The van der Waals surface area contributed by atoms with Crippen LogP contribution < -0.4 is 5.73 Å². The third-order valence-electron chi connectivity index (χ3n) is 3.54. The van der Waals surface area contributed by atoms with Gasteiger partial charge in [-0.15, -0.1) is 5.11 Å². The minimum atomic E-state index is 0.151. The molecule has 0 aromatic heterocycles. The Balaban J connectivity index is 1.91. The SMILES string of the molecule is Nc1ccc(N=Nc2ccc(CCO)cc2)c2ccccc12. The fraction of sp³-hybridized carbons (Fsp3) is 0.111. The van der Waals surface area contributed by atoms with E-state index in [1.807, 2.05) is 60.7 Å². The fourth-order valence-electron chi connectivity index (χ4n) is 2.36. The Morgan fingerprint density at radius 2 is 1.55 bits per heavy atom. The zero-order valence-electron chi connectivity index (χ0n) is 12.1. The summed E-state index contributed by atoms with van der Waals surface area (Å²) in [7, 11) is 0. The van der Waals surface area contributed by atoms with E-state index in [0.717, 1.165) is 33.4 Å². The summed E-state index contributed by atoms with van der Waals surface area (Å²) in [5, 5.41) is 19.5. The van der Waals surface area contributed by atoms with Gasteiger partial charge in [-0.25, -0.2) is 0 Å². The van der Waals surface area contributed by atoms with Gasteiger partial charge in [0.1, 0.15) is 0 Å². The Labute approximate surface area is 128 Å². The molecule has 0 heterocycles. The number of nitrogens with two attached hydrogens (primary N) is 1. The molecule has 4 nitrogen and oxygen atoms in total. The van der Waals surface area contributed by atoms with Crippen molar-refractivity contribution in [1.82, 2.24) is 0 Å². The maximum Gasteiger partial charge on any atom is 0.0936 e. The molecule has 0 saturated carbocycles. The molecular formula is C18H17N3O. The van der Waals surface area contributed by atoms with Gasteiger partial charge in [0.25, 0.3) is 0 Å². The topological polar surface area (TPSA) is 71.0 Å². The summed E-state index contributed by atoms with van der Waals surface area (Å²) < 4.78 is 0. The molecule has 110 valence electrons. The van der Waals surface area contributed by atoms with E-state index in [1.54, 1.807) is 0 Å². The van der Waals surface area contributed by atoms with E-state index >= 15 is 0 Å². The molecule has 0 aliphatic heterocycles. The lowest BCUT2D eigenvalue weighted by Crippen LogP contribution is -1.88. The van der Waals surface area contributed by atoms with Crippen molar-refractivity contribution in [2.45, 2.75) is 6.42 Å². The molecule has 0 aliphatic rings. The molecule has 0 saturated heterocycles. The van der Waals surface area contributed by atoms with Gasteiger partial charge in [0, 0.05) is 23.1 Å². The fourth-order valence-corrected chi connectivity index (χ4v) is 2.36. The van der Waals surface area contributed by atoms with E-state index in [-0.39, 0.29) is 6.61 Å². The van der Waals surface area contributed by atoms with E-state index in [2.05, 4.69) is 10.2 Å². The average Bonchev–Trinajstić information content (AvgIpc) is 2.56. The molecule has 0 fully saturated rings. The van der Waals surface area contributed by atoms with Crippen molar-refractivity contribution in [1.29, 1.82) is 0 Å². The van der Waals surface area contributed by atoms with Crippen molar-refractivity contribution in [3.05, 3.63) is 66.2 Å². The first kappa shape index (κ1) is 14.2. The molecule has 0 unspecified atom stereocenters.